The topological polar surface area (TPSA) is 109 Å². The van der Waals surface area contributed by atoms with Crippen LogP contribution in [0.2, 0.25) is 0 Å². The molecule has 1 aromatic carbocycles. The van der Waals surface area contributed by atoms with E-state index >= 15 is 0 Å². The van der Waals surface area contributed by atoms with Crippen LogP contribution in [0.5, 0.6) is 11.5 Å². The van der Waals surface area contributed by atoms with Crippen molar-refractivity contribution in [3.8, 4) is 34.9 Å². The van der Waals surface area contributed by atoms with Crippen LogP contribution in [0.25, 0.3) is 16.9 Å². The van der Waals surface area contributed by atoms with Gasteiger partial charge in [-0.05, 0) is 49.4 Å². The van der Waals surface area contributed by atoms with Gasteiger partial charge in [0.1, 0.15) is 47.1 Å². The molecule has 0 radical (unpaired) electrons. The van der Waals surface area contributed by atoms with Gasteiger partial charge >= 0.3 is 6.18 Å². The molecular formula is C25H24F3N5O2. The quantitative estimate of drug-likeness (QED) is 0.530. The van der Waals surface area contributed by atoms with E-state index in [1.54, 1.807) is 40.9 Å². The summed E-state index contributed by atoms with van der Waals surface area (Å²) in [6.07, 6.45) is -1.74. The molecule has 1 aliphatic carbocycles. The smallest absolute Gasteiger partial charge is 0.389 e. The molecule has 4 rings (SSSR count). The van der Waals surface area contributed by atoms with Gasteiger partial charge in [0.05, 0.1) is 24.5 Å². The van der Waals surface area contributed by atoms with Crippen LogP contribution in [0.15, 0.2) is 36.5 Å². The highest BCUT2D eigenvalue weighted by molar-refractivity contribution is 5.71. The van der Waals surface area contributed by atoms with E-state index in [1.807, 2.05) is 0 Å². The number of fused-ring (bicyclic) bond motifs is 1. The fraction of sp³-hybridized carbons (Fsp3) is 0.400. The Morgan fingerprint density at radius 2 is 2.00 bits per heavy atom. The molecule has 0 aliphatic heterocycles. The number of alkyl halides is 3. The fourth-order valence-corrected chi connectivity index (χ4v) is 4.83. The monoisotopic (exact) mass is 483 g/mol. The van der Waals surface area contributed by atoms with Crippen LogP contribution in [0.1, 0.15) is 43.4 Å². The number of ether oxygens (including phenoxy) is 2. The maximum atomic E-state index is 12.9. The molecule has 2 aromatic heterocycles. The van der Waals surface area contributed by atoms with Crippen LogP contribution < -0.4 is 15.2 Å². The molecule has 0 amide bonds. The van der Waals surface area contributed by atoms with Crippen molar-refractivity contribution >= 4 is 5.65 Å². The van der Waals surface area contributed by atoms with Crippen molar-refractivity contribution in [3.05, 3.63) is 47.8 Å². The predicted molar refractivity (Wildman–Crippen MR) is 122 cm³/mol. The largest absolute Gasteiger partial charge is 0.495 e. The summed E-state index contributed by atoms with van der Waals surface area (Å²) in [7, 11) is 1.42. The van der Waals surface area contributed by atoms with Gasteiger partial charge in [0.2, 0.25) is 0 Å². The third-order valence-corrected chi connectivity index (χ3v) is 6.35. The molecule has 0 saturated heterocycles. The third kappa shape index (κ3) is 5.18. The zero-order chi connectivity index (χ0) is 25.2. The predicted octanol–water partition coefficient (Wildman–Crippen LogP) is 4.97. The number of methoxy groups -OCH3 is 1. The average molecular weight is 483 g/mol. The summed E-state index contributed by atoms with van der Waals surface area (Å²) in [5.74, 6) is -0.0979. The lowest BCUT2D eigenvalue weighted by Gasteiger charge is -2.38. The second-order valence-electron chi connectivity index (χ2n) is 8.96. The second kappa shape index (κ2) is 9.47. The number of hydrogen-bond acceptors (Lipinski definition) is 6. The van der Waals surface area contributed by atoms with E-state index in [1.165, 1.54) is 7.11 Å². The van der Waals surface area contributed by atoms with Crippen molar-refractivity contribution < 1.29 is 22.6 Å². The molecule has 1 aliphatic rings. The minimum absolute atomic E-state index is 0.0424. The lowest BCUT2D eigenvalue weighted by molar-refractivity contribution is -0.148. The molecule has 2 heterocycles. The first kappa shape index (κ1) is 24.4. The average Bonchev–Trinajstić information content (AvgIpc) is 3.25. The Kier molecular flexibility index (Phi) is 6.60. The first-order valence-electron chi connectivity index (χ1n) is 11.1. The summed E-state index contributed by atoms with van der Waals surface area (Å²) in [5.41, 5.74) is 7.81. The number of imidazole rings is 1. The van der Waals surface area contributed by atoms with Gasteiger partial charge < -0.3 is 15.2 Å². The Morgan fingerprint density at radius 3 is 2.69 bits per heavy atom. The molecule has 2 N–H and O–H groups in total. The Morgan fingerprint density at radius 1 is 1.23 bits per heavy atom. The number of nitrogens with zero attached hydrogens (tertiary/aromatic N) is 4. The molecule has 3 aromatic rings. The van der Waals surface area contributed by atoms with Crippen molar-refractivity contribution in [3.63, 3.8) is 0 Å². The van der Waals surface area contributed by atoms with Crippen molar-refractivity contribution in [1.82, 2.24) is 9.38 Å². The number of halogens is 3. The van der Waals surface area contributed by atoms with Gasteiger partial charge in [-0.1, -0.05) is 12.5 Å². The summed E-state index contributed by atoms with van der Waals surface area (Å²) in [6.45, 7) is -0.0424. The van der Waals surface area contributed by atoms with E-state index in [0.717, 1.165) is 0 Å². The van der Waals surface area contributed by atoms with Gasteiger partial charge in [0.25, 0.3) is 0 Å². The van der Waals surface area contributed by atoms with E-state index in [-0.39, 0.29) is 30.1 Å². The number of pyridine rings is 1. The highest BCUT2D eigenvalue weighted by Gasteiger charge is 2.39. The minimum atomic E-state index is -4.24. The maximum Gasteiger partial charge on any atom is 0.389 e. The summed E-state index contributed by atoms with van der Waals surface area (Å²) in [4.78, 5) is 4.35. The molecule has 7 nitrogen and oxygen atoms in total. The van der Waals surface area contributed by atoms with Crippen LogP contribution >= 0.6 is 0 Å². The number of nitrogens with two attached hydrogens (primary N) is 1. The maximum absolute atomic E-state index is 12.9. The van der Waals surface area contributed by atoms with Gasteiger partial charge in [0, 0.05) is 12.0 Å². The third-order valence-electron chi connectivity index (χ3n) is 6.35. The Hall–Kier alpha value is -3.76. The molecule has 1 unspecified atom stereocenters. The first-order chi connectivity index (χ1) is 16.7. The van der Waals surface area contributed by atoms with E-state index in [9.17, 15) is 23.7 Å². The van der Waals surface area contributed by atoms with Crippen LogP contribution in [-0.4, -0.2) is 34.8 Å². The summed E-state index contributed by atoms with van der Waals surface area (Å²) in [6, 6.07) is 12.7. The zero-order valence-electron chi connectivity index (χ0n) is 19.1. The van der Waals surface area contributed by atoms with Gasteiger partial charge in [-0.25, -0.2) is 4.98 Å². The molecule has 2 atom stereocenters. The minimum Gasteiger partial charge on any atom is -0.495 e. The SMILES string of the molecule is COc1cc(-c2cnc3cccc(C#N)n23)cc(OC[C@@]2(N)CCCC(CC(F)(F)F)C2)c1C#N. The molecule has 35 heavy (non-hydrogen) atoms. The van der Waals surface area contributed by atoms with E-state index in [0.29, 0.717) is 41.9 Å². The number of nitriles is 2. The Balaban J connectivity index is 1.67. The molecule has 182 valence electrons. The number of rotatable bonds is 6. The van der Waals surface area contributed by atoms with Crippen molar-refractivity contribution in [2.45, 2.75) is 43.8 Å². The first-order valence-corrected chi connectivity index (χ1v) is 11.1. The summed E-state index contributed by atoms with van der Waals surface area (Å²) >= 11 is 0. The molecular weight excluding hydrogens is 459 g/mol. The van der Waals surface area contributed by atoms with Gasteiger partial charge in [-0.15, -0.1) is 0 Å². The van der Waals surface area contributed by atoms with Crippen LogP contribution in [-0.2, 0) is 0 Å². The van der Waals surface area contributed by atoms with Crippen molar-refractivity contribution in [2.75, 3.05) is 13.7 Å². The van der Waals surface area contributed by atoms with Gasteiger partial charge in [0.15, 0.2) is 0 Å². The van der Waals surface area contributed by atoms with Crippen LogP contribution in [0, 0.1) is 28.6 Å². The Labute approximate surface area is 200 Å². The molecule has 0 spiro atoms. The van der Waals surface area contributed by atoms with E-state index in [4.69, 9.17) is 15.2 Å². The Bertz CT molecular complexity index is 1320. The van der Waals surface area contributed by atoms with Crippen molar-refractivity contribution in [1.29, 1.82) is 10.5 Å². The highest BCUT2D eigenvalue weighted by Crippen LogP contribution is 2.39. The lowest BCUT2D eigenvalue weighted by atomic mass is 9.75. The second-order valence-corrected chi connectivity index (χ2v) is 8.96. The van der Waals surface area contributed by atoms with Crippen LogP contribution in [0.4, 0.5) is 13.2 Å². The van der Waals surface area contributed by atoms with Gasteiger partial charge in [-0.2, -0.15) is 23.7 Å². The van der Waals surface area contributed by atoms with Crippen LogP contribution in [0.3, 0.4) is 0 Å². The number of benzene rings is 1. The highest BCUT2D eigenvalue weighted by atomic mass is 19.4. The molecule has 1 saturated carbocycles. The lowest BCUT2D eigenvalue weighted by Crippen LogP contribution is -2.49. The van der Waals surface area contributed by atoms with E-state index in [2.05, 4.69) is 17.1 Å². The van der Waals surface area contributed by atoms with Gasteiger partial charge in [-0.3, -0.25) is 4.40 Å². The number of aromatic nitrogens is 2. The standard InChI is InChI=1S/C25H24F3N5O2/c1-34-21-8-17(20-14-32-23-6-2-5-18(12-29)33(20)23)9-22(19(21)13-30)35-15-24(31)7-3-4-16(10-24)11-25(26,27)28/h2,5-6,8-9,14,16H,3-4,7,10-11,15,31H2,1H3/t16?,24-/m1/s1. The molecule has 0 bridgehead atoms. The zero-order valence-corrected chi connectivity index (χ0v) is 19.1. The fourth-order valence-electron chi connectivity index (χ4n) is 4.83. The summed E-state index contributed by atoms with van der Waals surface area (Å²) < 4.78 is 51.9. The molecule has 10 heteroatoms. The number of hydrogen-bond donors (Lipinski definition) is 1. The van der Waals surface area contributed by atoms with Crippen molar-refractivity contribution in [2.24, 2.45) is 11.7 Å². The normalized spacial score (nSPS) is 20.3. The molecule has 1 fully saturated rings. The summed E-state index contributed by atoms with van der Waals surface area (Å²) in [5, 5.41) is 19.3. The van der Waals surface area contributed by atoms with E-state index < -0.39 is 24.1 Å².